The second-order valence-corrected chi connectivity index (χ2v) is 5.37. The zero-order valence-electron chi connectivity index (χ0n) is 11.6. The molecule has 3 aliphatic rings. The molecule has 0 spiro atoms. The lowest BCUT2D eigenvalue weighted by Crippen LogP contribution is -3.00. The first-order chi connectivity index (χ1) is 9.33. The van der Waals surface area contributed by atoms with Gasteiger partial charge in [-0.25, -0.2) is 0 Å². The van der Waals surface area contributed by atoms with E-state index >= 15 is 0 Å². The Labute approximate surface area is 125 Å². The van der Waals surface area contributed by atoms with Crippen LogP contribution in [0.1, 0.15) is 18.4 Å². The number of para-hydroxylation sites is 1. The molecule has 0 aromatic heterocycles. The van der Waals surface area contributed by atoms with Gasteiger partial charge in [0.25, 0.3) is 0 Å². The predicted octanol–water partition coefficient (Wildman–Crippen LogP) is -0.834. The number of benzene rings is 1. The fourth-order valence-electron chi connectivity index (χ4n) is 3.43. The molecule has 4 nitrogen and oxygen atoms in total. The Bertz CT molecular complexity index is 485. The van der Waals surface area contributed by atoms with Gasteiger partial charge in [0.2, 0.25) is 0 Å². The largest absolute Gasteiger partial charge is 1.00 e. The summed E-state index contributed by atoms with van der Waals surface area (Å²) in [7, 11) is 1.70. The third kappa shape index (κ3) is 2.63. The Hall–Kier alpha value is -1.26. The molecule has 3 saturated heterocycles. The van der Waals surface area contributed by atoms with Crippen molar-refractivity contribution >= 4 is 5.71 Å². The van der Waals surface area contributed by atoms with Crippen molar-refractivity contribution in [2.45, 2.75) is 25.3 Å². The number of hydrogen-bond donors (Lipinski definition) is 1. The first kappa shape index (κ1) is 15.1. The normalized spacial score (nSPS) is 30.1. The molecule has 3 aliphatic heterocycles. The number of ether oxygens (including phenoxy) is 1. The molecule has 5 heteroatoms. The van der Waals surface area contributed by atoms with Crippen LogP contribution in [-0.4, -0.2) is 42.1 Å². The fraction of sp³-hybridized carbons (Fsp3) is 0.533. The lowest BCUT2D eigenvalue weighted by Gasteiger charge is -2.45. The maximum atomic E-state index is 9.32. The average Bonchev–Trinajstić information content (AvgIpc) is 2.49. The monoisotopic (exact) mass is 295 g/mol. The van der Waals surface area contributed by atoms with Crippen molar-refractivity contribution < 1.29 is 22.4 Å². The number of halogens is 1. The maximum absolute atomic E-state index is 9.32. The Morgan fingerprint density at radius 3 is 2.65 bits per heavy atom. The summed E-state index contributed by atoms with van der Waals surface area (Å²) in [5.41, 5.74) is 2.15. The Morgan fingerprint density at radius 2 is 2.00 bits per heavy atom. The van der Waals surface area contributed by atoms with Crippen LogP contribution in [-0.2, 0) is 6.42 Å². The van der Waals surface area contributed by atoms with E-state index in [0.717, 1.165) is 43.8 Å². The molecule has 1 atom stereocenters. The standard InChI is InChI=1S/C15H20N2O2.ClH/c1-19-14-5-3-2-4-12(14)10-13-15(16-18)11-6-8-17(13)9-7-11;/h2-5,11,13,18H,6-10H2,1H3;1H/p-1. The molecule has 1 aromatic rings. The van der Waals surface area contributed by atoms with Crippen LogP contribution in [0.4, 0.5) is 0 Å². The van der Waals surface area contributed by atoms with Gasteiger partial charge in [0.05, 0.1) is 18.9 Å². The van der Waals surface area contributed by atoms with E-state index in [2.05, 4.69) is 16.1 Å². The number of piperidine rings is 3. The van der Waals surface area contributed by atoms with Crippen LogP contribution in [0.2, 0.25) is 0 Å². The van der Waals surface area contributed by atoms with E-state index in [1.807, 2.05) is 18.2 Å². The van der Waals surface area contributed by atoms with Crippen LogP contribution >= 0.6 is 0 Å². The summed E-state index contributed by atoms with van der Waals surface area (Å²) in [5, 5.41) is 12.9. The SMILES string of the molecule is COc1ccccc1CC1C(=NO)C2CCN1CC2.[Cl-]. The van der Waals surface area contributed by atoms with Gasteiger partial charge in [-0.15, -0.1) is 0 Å². The van der Waals surface area contributed by atoms with Crippen molar-refractivity contribution in [2.24, 2.45) is 11.1 Å². The fourth-order valence-corrected chi connectivity index (χ4v) is 3.43. The minimum absolute atomic E-state index is 0. The topological polar surface area (TPSA) is 45.1 Å². The van der Waals surface area contributed by atoms with Crippen LogP contribution in [0.3, 0.4) is 0 Å². The van der Waals surface area contributed by atoms with E-state index in [-0.39, 0.29) is 18.4 Å². The average molecular weight is 296 g/mol. The van der Waals surface area contributed by atoms with Gasteiger partial charge in [-0.1, -0.05) is 23.4 Å². The van der Waals surface area contributed by atoms with Gasteiger partial charge in [0.15, 0.2) is 0 Å². The number of methoxy groups -OCH3 is 1. The van der Waals surface area contributed by atoms with Gasteiger partial charge in [0, 0.05) is 5.92 Å². The van der Waals surface area contributed by atoms with Crippen LogP contribution in [0, 0.1) is 5.92 Å². The van der Waals surface area contributed by atoms with Gasteiger partial charge in [-0.05, 0) is 44.0 Å². The second-order valence-electron chi connectivity index (χ2n) is 5.37. The van der Waals surface area contributed by atoms with Gasteiger partial charge in [-0.3, -0.25) is 4.90 Å². The van der Waals surface area contributed by atoms with Crippen molar-refractivity contribution in [1.29, 1.82) is 0 Å². The summed E-state index contributed by atoms with van der Waals surface area (Å²) in [4.78, 5) is 2.43. The predicted molar refractivity (Wildman–Crippen MR) is 74.0 cm³/mol. The summed E-state index contributed by atoms with van der Waals surface area (Å²) in [6, 6.07) is 8.33. The van der Waals surface area contributed by atoms with Crippen molar-refractivity contribution in [3.8, 4) is 5.75 Å². The first-order valence-corrected chi connectivity index (χ1v) is 6.91. The quantitative estimate of drug-likeness (QED) is 0.585. The highest BCUT2D eigenvalue weighted by Gasteiger charge is 2.39. The zero-order valence-corrected chi connectivity index (χ0v) is 12.4. The Kier molecular flexibility index (Phi) is 4.89. The number of nitrogens with zero attached hydrogens (tertiary/aromatic N) is 2. The summed E-state index contributed by atoms with van der Waals surface area (Å²) in [6.45, 7) is 2.23. The molecule has 0 radical (unpaired) electrons. The molecule has 0 amide bonds. The second kappa shape index (κ2) is 6.46. The van der Waals surface area contributed by atoms with E-state index in [1.165, 1.54) is 5.56 Å². The lowest BCUT2D eigenvalue weighted by molar-refractivity contribution is -0.00000506. The third-order valence-corrected chi connectivity index (χ3v) is 4.45. The molecule has 20 heavy (non-hydrogen) atoms. The van der Waals surface area contributed by atoms with Crippen LogP contribution in [0.5, 0.6) is 5.75 Å². The molecule has 4 rings (SSSR count). The molecule has 2 bridgehead atoms. The highest BCUT2D eigenvalue weighted by molar-refractivity contribution is 5.93. The Balaban J connectivity index is 0.00000147. The molecule has 0 saturated carbocycles. The molecule has 3 heterocycles. The van der Waals surface area contributed by atoms with Gasteiger partial charge in [0.1, 0.15) is 5.75 Å². The molecule has 1 unspecified atom stereocenters. The Morgan fingerprint density at radius 1 is 1.30 bits per heavy atom. The van der Waals surface area contributed by atoms with E-state index < -0.39 is 0 Å². The molecule has 1 aromatic carbocycles. The maximum Gasteiger partial charge on any atom is 0.122 e. The van der Waals surface area contributed by atoms with Crippen molar-refractivity contribution in [3.63, 3.8) is 0 Å². The van der Waals surface area contributed by atoms with E-state index in [9.17, 15) is 5.21 Å². The van der Waals surface area contributed by atoms with Gasteiger partial charge in [-0.2, -0.15) is 0 Å². The number of hydrogen-bond acceptors (Lipinski definition) is 4. The summed E-state index contributed by atoms with van der Waals surface area (Å²) >= 11 is 0. The molecule has 110 valence electrons. The van der Waals surface area contributed by atoms with E-state index in [4.69, 9.17) is 4.74 Å². The smallest absolute Gasteiger partial charge is 0.122 e. The lowest BCUT2D eigenvalue weighted by atomic mass is 9.79. The zero-order chi connectivity index (χ0) is 13.2. The highest BCUT2D eigenvalue weighted by atomic mass is 35.5. The molecule has 1 N–H and O–H groups in total. The summed E-state index contributed by atoms with van der Waals surface area (Å²) < 4.78 is 5.41. The number of rotatable bonds is 3. The minimum Gasteiger partial charge on any atom is -1.00 e. The highest BCUT2D eigenvalue weighted by Crippen LogP contribution is 2.33. The van der Waals surface area contributed by atoms with Gasteiger partial charge >= 0.3 is 0 Å². The summed E-state index contributed by atoms with van der Waals surface area (Å²) in [6.07, 6.45) is 3.11. The molecule has 0 aliphatic carbocycles. The van der Waals surface area contributed by atoms with Crippen LogP contribution < -0.4 is 17.1 Å². The van der Waals surface area contributed by atoms with Crippen molar-refractivity contribution in [2.75, 3.05) is 20.2 Å². The van der Waals surface area contributed by atoms with E-state index in [0.29, 0.717) is 5.92 Å². The summed E-state index contributed by atoms with van der Waals surface area (Å²) in [5.74, 6) is 1.39. The van der Waals surface area contributed by atoms with Crippen LogP contribution in [0.25, 0.3) is 0 Å². The molecular weight excluding hydrogens is 276 g/mol. The third-order valence-electron chi connectivity index (χ3n) is 4.45. The van der Waals surface area contributed by atoms with Gasteiger partial charge < -0.3 is 22.4 Å². The van der Waals surface area contributed by atoms with E-state index in [1.54, 1.807) is 7.11 Å². The first-order valence-electron chi connectivity index (χ1n) is 6.91. The molecule has 3 fully saturated rings. The molecular formula is C15H20ClN2O2-. The van der Waals surface area contributed by atoms with Crippen LogP contribution in [0.15, 0.2) is 29.4 Å². The number of fused-ring (bicyclic) bond motifs is 3. The minimum atomic E-state index is 0. The number of oxime groups is 1. The van der Waals surface area contributed by atoms with Crippen molar-refractivity contribution in [1.82, 2.24) is 4.90 Å². The van der Waals surface area contributed by atoms with Crippen molar-refractivity contribution in [3.05, 3.63) is 29.8 Å².